The summed E-state index contributed by atoms with van der Waals surface area (Å²) in [7, 11) is 0. The van der Waals surface area contributed by atoms with E-state index >= 15 is 0 Å². The Hall–Kier alpha value is -2.17. The lowest BCUT2D eigenvalue weighted by Gasteiger charge is -2.41. The van der Waals surface area contributed by atoms with Gasteiger partial charge in [0, 0.05) is 25.2 Å². The van der Waals surface area contributed by atoms with E-state index in [1.54, 1.807) is 24.3 Å². The van der Waals surface area contributed by atoms with Gasteiger partial charge in [-0.3, -0.25) is 14.9 Å². The van der Waals surface area contributed by atoms with Crippen molar-refractivity contribution in [3.05, 3.63) is 46.0 Å². The molecule has 1 heterocycles. The third-order valence-electron chi connectivity index (χ3n) is 5.14. The number of rotatable bonds is 3. The van der Waals surface area contributed by atoms with E-state index in [1.165, 1.54) is 37.8 Å². The van der Waals surface area contributed by atoms with Crippen LogP contribution in [0.2, 0.25) is 0 Å². The fraction of sp³-hybridized carbons (Fsp3) is 0.500. The molecule has 1 aromatic rings. The van der Waals surface area contributed by atoms with Crippen LogP contribution in [0.15, 0.2) is 30.3 Å². The largest absolute Gasteiger partial charge is 0.339 e. The van der Waals surface area contributed by atoms with E-state index in [4.69, 9.17) is 0 Å². The zero-order valence-electron chi connectivity index (χ0n) is 13.2. The second-order valence-electron chi connectivity index (χ2n) is 6.53. The molecule has 5 nitrogen and oxygen atoms in total. The molecule has 23 heavy (non-hydrogen) atoms. The fourth-order valence-electron chi connectivity index (χ4n) is 3.86. The maximum Gasteiger partial charge on any atom is 0.276 e. The minimum Gasteiger partial charge on any atom is -0.339 e. The Labute approximate surface area is 136 Å². The fourth-order valence-corrected chi connectivity index (χ4v) is 3.86. The highest BCUT2D eigenvalue weighted by Crippen LogP contribution is 2.36. The highest BCUT2D eigenvalue weighted by Gasteiger charge is 2.32. The number of nitro groups is 1. The molecule has 1 aliphatic heterocycles. The second-order valence-corrected chi connectivity index (χ2v) is 6.53. The van der Waals surface area contributed by atoms with Gasteiger partial charge in [0.2, 0.25) is 5.91 Å². The molecule has 2 aliphatic rings. The average molecular weight is 314 g/mol. The molecular weight excluding hydrogens is 292 g/mol. The number of para-hydroxylation sites is 1. The number of nitro benzene ring substituents is 1. The van der Waals surface area contributed by atoms with Gasteiger partial charge in [-0.15, -0.1) is 0 Å². The van der Waals surface area contributed by atoms with Crippen LogP contribution in [0.3, 0.4) is 0 Å². The predicted octanol–water partition coefficient (Wildman–Crippen LogP) is 3.65. The van der Waals surface area contributed by atoms with Crippen LogP contribution >= 0.6 is 0 Å². The van der Waals surface area contributed by atoms with E-state index in [2.05, 4.69) is 0 Å². The van der Waals surface area contributed by atoms with Gasteiger partial charge in [-0.1, -0.05) is 31.4 Å². The quantitative estimate of drug-likeness (QED) is 0.486. The first kappa shape index (κ1) is 15.7. The number of benzene rings is 1. The van der Waals surface area contributed by atoms with Gasteiger partial charge in [0.25, 0.3) is 5.69 Å². The molecule has 0 N–H and O–H groups in total. The third-order valence-corrected chi connectivity index (χ3v) is 5.14. The van der Waals surface area contributed by atoms with Crippen LogP contribution in [-0.4, -0.2) is 28.8 Å². The van der Waals surface area contributed by atoms with Gasteiger partial charge in [-0.2, -0.15) is 0 Å². The minimum absolute atomic E-state index is 0.0301. The van der Waals surface area contributed by atoms with Crippen LogP contribution in [-0.2, 0) is 4.79 Å². The van der Waals surface area contributed by atoms with Gasteiger partial charge < -0.3 is 4.90 Å². The van der Waals surface area contributed by atoms with Crippen molar-refractivity contribution in [3.63, 3.8) is 0 Å². The van der Waals surface area contributed by atoms with Crippen LogP contribution < -0.4 is 0 Å². The highest BCUT2D eigenvalue weighted by atomic mass is 16.6. The van der Waals surface area contributed by atoms with Crippen molar-refractivity contribution in [1.29, 1.82) is 0 Å². The zero-order chi connectivity index (χ0) is 16.2. The average Bonchev–Trinajstić information content (AvgIpc) is 2.59. The van der Waals surface area contributed by atoms with E-state index in [1.807, 2.05) is 4.90 Å². The number of hydrogen-bond acceptors (Lipinski definition) is 3. The van der Waals surface area contributed by atoms with Crippen molar-refractivity contribution in [3.8, 4) is 0 Å². The summed E-state index contributed by atoms with van der Waals surface area (Å²) in [6.07, 6.45) is 9.26. The van der Waals surface area contributed by atoms with Crippen molar-refractivity contribution in [2.45, 2.75) is 32.1 Å². The molecule has 1 aromatic carbocycles. The van der Waals surface area contributed by atoms with Gasteiger partial charge in [-0.05, 0) is 36.8 Å². The molecule has 1 amide bonds. The van der Waals surface area contributed by atoms with Gasteiger partial charge in [0.05, 0.1) is 10.5 Å². The molecule has 122 valence electrons. The molecule has 1 saturated carbocycles. The molecule has 0 aromatic heterocycles. The van der Waals surface area contributed by atoms with Crippen molar-refractivity contribution in [1.82, 2.24) is 4.90 Å². The van der Waals surface area contributed by atoms with Crippen LogP contribution in [0, 0.1) is 22.0 Å². The monoisotopic (exact) mass is 314 g/mol. The summed E-state index contributed by atoms with van der Waals surface area (Å²) in [4.78, 5) is 24.9. The molecule has 0 radical (unpaired) electrons. The number of piperidine rings is 1. The number of likely N-dealkylation sites (tertiary alicyclic amines) is 1. The molecule has 1 saturated heterocycles. The summed E-state index contributed by atoms with van der Waals surface area (Å²) in [5.41, 5.74) is 0.501. The van der Waals surface area contributed by atoms with E-state index < -0.39 is 4.92 Å². The first-order chi connectivity index (χ1) is 11.1. The van der Waals surface area contributed by atoms with Gasteiger partial charge >= 0.3 is 0 Å². The number of fused-ring (bicyclic) bond motifs is 1. The third kappa shape index (κ3) is 3.60. The van der Waals surface area contributed by atoms with Crippen LogP contribution in [0.5, 0.6) is 0 Å². The molecule has 0 spiro atoms. The zero-order valence-corrected chi connectivity index (χ0v) is 13.2. The van der Waals surface area contributed by atoms with Gasteiger partial charge in [0.15, 0.2) is 0 Å². The standard InChI is InChI=1S/C18H22N2O3/c21-18(10-9-15-6-3-4-8-17(15)20(22)23)19-12-11-14-5-1-2-7-16(14)13-19/h3-4,6,8-10,14,16H,1-2,5,7,11-13H2/b10-9+/t14-,16+/m1/s1. The lowest BCUT2D eigenvalue weighted by atomic mass is 9.75. The summed E-state index contributed by atoms with van der Waals surface area (Å²) in [6, 6.07) is 6.49. The smallest absolute Gasteiger partial charge is 0.276 e. The number of amides is 1. The molecular formula is C18H22N2O3. The Kier molecular flexibility index (Phi) is 4.74. The highest BCUT2D eigenvalue weighted by molar-refractivity contribution is 5.92. The Morgan fingerprint density at radius 2 is 1.91 bits per heavy atom. The summed E-state index contributed by atoms with van der Waals surface area (Å²) in [5, 5.41) is 11.0. The van der Waals surface area contributed by atoms with Gasteiger partial charge in [-0.25, -0.2) is 0 Å². The van der Waals surface area contributed by atoms with Crippen molar-refractivity contribution >= 4 is 17.7 Å². The molecule has 0 bridgehead atoms. The van der Waals surface area contributed by atoms with E-state index in [0.717, 1.165) is 25.4 Å². The molecule has 1 aliphatic carbocycles. The minimum atomic E-state index is -0.419. The van der Waals surface area contributed by atoms with E-state index in [0.29, 0.717) is 11.5 Å². The first-order valence-electron chi connectivity index (χ1n) is 8.35. The van der Waals surface area contributed by atoms with Crippen LogP contribution in [0.4, 0.5) is 5.69 Å². The maximum atomic E-state index is 12.4. The molecule has 2 fully saturated rings. The summed E-state index contributed by atoms with van der Waals surface area (Å²) < 4.78 is 0. The molecule has 5 heteroatoms. The Balaban J connectivity index is 1.66. The number of carbonyl (C=O) groups excluding carboxylic acids is 1. The Bertz CT molecular complexity index is 626. The number of carbonyl (C=O) groups is 1. The Morgan fingerprint density at radius 1 is 1.17 bits per heavy atom. The normalized spacial score (nSPS) is 24.4. The van der Waals surface area contributed by atoms with E-state index in [-0.39, 0.29) is 11.6 Å². The number of hydrogen-bond donors (Lipinski definition) is 0. The predicted molar refractivity (Wildman–Crippen MR) is 88.8 cm³/mol. The summed E-state index contributed by atoms with van der Waals surface area (Å²) >= 11 is 0. The lowest BCUT2D eigenvalue weighted by Crippen LogP contribution is -2.44. The second kappa shape index (κ2) is 6.94. The summed E-state index contributed by atoms with van der Waals surface area (Å²) in [5.74, 6) is 1.39. The van der Waals surface area contributed by atoms with Crippen LogP contribution in [0.25, 0.3) is 6.08 Å². The van der Waals surface area contributed by atoms with Crippen LogP contribution in [0.1, 0.15) is 37.7 Å². The molecule has 0 unspecified atom stereocenters. The van der Waals surface area contributed by atoms with Crippen molar-refractivity contribution < 1.29 is 9.72 Å². The summed E-state index contributed by atoms with van der Waals surface area (Å²) in [6.45, 7) is 1.64. The topological polar surface area (TPSA) is 63.4 Å². The molecule has 3 rings (SSSR count). The maximum absolute atomic E-state index is 12.4. The first-order valence-corrected chi connectivity index (χ1v) is 8.35. The number of nitrogens with zero attached hydrogens (tertiary/aromatic N) is 2. The SMILES string of the molecule is O=C(/C=C/c1ccccc1[N+](=O)[O-])N1CC[C@H]2CCCC[C@H]2C1. The Morgan fingerprint density at radius 3 is 2.70 bits per heavy atom. The molecule has 2 atom stereocenters. The van der Waals surface area contributed by atoms with Crippen molar-refractivity contribution in [2.24, 2.45) is 11.8 Å². The van der Waals surface area contributed by atoms with Gasteiger partial charge in [0.1, 0.15) is 0 Å². The van der Waals surface area contributed by atoms with Crippen molar-refractivity contribution in [2.75, 3.05) is 13.1 Å². The van der Waals surface area contributed by atoms with E-state index in [9.17, 15) is 14.9 Å². The lowest BCUT2D eigenvalue weighted by molar-refractivity contribution is -0.385.